The Morgan fingerprint density at radius 3 is 2.52 bits per heavy atom. The maximum Gasteiger partial charge on any atom is 0.261 e. The molecule has 0 saturated heterocycles. The smallest absolute Gasteiger partial charge is 0.261 e. The molecule has 118 valence electrons. The fourth-order valence-corrected chi connectivity index (χ4v) is 2.37. The van der Waals surface area contributed by atoms with Crippen LogP contribution in [0.3, 0.4) is 0 Å². The minimum Gasteiger partial charge on any atom is -0.479 e. The van der Waals surface area contributed by atoms with E-state index >= 15 is 0 Å². The average molecular weight is 333 g/mol. The Morgan fingerprint density at radius 1 is 1.38 bits per heavy atom. The van der Waals surface area contributed by atoms with E-state index in [0.29, 0.717) is 28.8 Å². The predicted molar refractivity (Wildman–Crippen MR) is 87.2 cm³/mol. The van der Waals surface area contributed by atoms with Crippen LogP contribution < -0.4 is 15.8 Å². The van der Waals surface area contributed by atoms with Crippen LogP contribution in [0.2, 0.25) is 10.0 Å². The highest BCUT2D eigenvalue weighted by Gasteiger charge is 2.22. The Kier molecular flexibility index (Phi) is 6.32. The fourth-order valence-electron chi connectivity index (χ4n) is 1.79. The van der Waals surface area contributed by atoms with Crippen molar-refractivity contribution in [1.82, 2.24) is 5.32 Å². The molecule has 0 fully saturated rings. The zero-order chi connectivity index (χ0) is 16.2. The number of rotatable bonds is 5. The minimum absolute atomic E-state index is 0.202. The van der Waals surface area contributed by atoms with E-state index in [-0.39, 0.29) is 11.4 Å². The number of carbonyl (C=O) groups excluding carboxylic acids is 1. The van der Waals surface area contributed by atoms with Gasteiger partial charge >= 0.3 is 0 Å². The van der Waals surface area contributed by atoms with E-state index < -0.39 is 6.10 Å². The van der Waals surface area contributed by atoms with Crippen molar-refractivity contribution in [2.75, 3.05) is 6.54 Å². The van der Waals surface area contributed by atoms with Gasteiger partial charge in [0.05, 0.1) is 5.02 Å². The van der Waals surface area contributed by atoms with Gasteiger partial charge in [0, 0.05) is 10.6 Å². The van der Waals surface area contributed by atoms with Gasteiger partial charge in [-0.25, -0.2) is 0 Å². The van der Waals surface area contributed by atoms with Gasteiger partial charge in [-0.2, -0.15) is 0 Å². The van der Waals surface area contributed by atoms with E-state index in [4.69, 9.17) is 33.7 Å². The summed E-state index contributed by atoms with van der Waals surface area (Å²) in [5.41, 5.74) is 6.06. The predicted octanol–water partition coefficient (Wildman–Crippen LogP) is 3.18. The third kappa shape index (κ3) is 5.73. The second kappa shape index (κ2) is 7.34. The number of ether oxygens (including phenoxy) is 1. The molecule has 0 aromatic heterocycles. The average Bonchev–Trinajstić information content (AvgIpc) is 2.31. The molecule has 3 N–H and O–H groups in total. The van der Waals surface area contributed by atoms with Gasteiger partial charge in [-0.1, -0.05) is 23.2 Å². The lowest BCUT2D eigenvalue weighted by Crippen LogP contribution is -2.46. The van der Waals surface area contributed by atoms with Crippen molar-refractivity contribution in [1.29, 1.82) is 0 Å². The molecule has 1 aromatic rings. The van der Waals surface area contributed by atoms with E-state index in [1.165, 1.54) is 0 Å². The number of benzene rings is 1. The lowest BCUT2D eigenvalue weighted by Gasteiger charge is -2.24. The van der Waals surface area contributed by atoms with Crippen molar-refractivity contribution < 1.29 is 9.53 Å². The lowest BCUT2D eigenvalue weighted by molar-refractivity contribution is -0.128. The van der Waals surface area contributed by atoms with Crippen molar-refractivity contribution in [3.05, 3.63) is 27.7 Å². The van der Waals surface area contributed by atoms with Crippen LogP contribution in [0.5, 0.6) is 5.75 Å². The van der Waals surface area contributed by atoms with Gasteiger partial charge < -0.3 is 15.8 Å². The lowest BCUT2D eigenvalue weighted by atomic mass is 10.1. The van der Waals surface area contributed by atoms with Gasteiger partial charge in [-0.3, -0.25) is 4.79 Å². The minimum atomic E-state index is -0.667. The van der Waals surface area contributed by atoms with Gasteiger partial charge in [0.1, 0.15) is 5.75 Å². The van der Waals surface area contributed by atoms with Crippen LogP contribution >= 0.6 is 23.2 Å². The Bertz CT molecular complexity index is 513. The Balaban J connectivity index is 2.94. The summed E-state index contributed by atoms with van der Waals surface area (Å²) in [6.07, 6.45) is -0.0946. The third-order valence-electron chi connectivity index (χ3n) is 2.66. The highest BCUT2D eigenvalue weighted by molar-refractivity contribution is 6.35. The Morgan fingerprint density at radius 2 is 2.00 bits per heavy atom. The topological polar surface area (TPSA) is 64.3 Å². The van der Waals surface area contributed by atoms with Gasteiger partial charge in [-0.15, -0.1) is 0 Å². The number of halogens is 2. The van der Waals surface area contributed by atoms with Crippen molar-refractivity contribution in [3.8, 4) is 5.75 Å². The first-order chi connectivity index (χ1) is 9.64. The number of amides is 1. The molecule has 0 saturated carbocycles. The molecule has 21 heavy (non-hydrogen) atoms. The molecule has 1 aromatic carbocycles. The molecule has 1 rings (SSSR count). The first-order valence-corrected chi connectivity index (χ1v) is 7.56. The van der Waals surface area contributed by atoms with Gasteiger partial charge in [0.2, 0.25) is 0 Å². The number of hydrogen-bond acceptors (Lipinski definition) is 3. The normalized spacial score (nSPS) is 12.9. The van der Waals surface area contributed by atoms with E-state index in [1.54, 1.807) is 19.1 Å². The standard InChI is InChI=1S/C15H22Cl2N2O2/c1-9(14(20)19-15(2,3)4)21-13-10(5-6-18)7-11(16)8-12(13)17/h7-9H,5-6,18H2,1-4H3,(H,19,20). The van der Waals surface area contributed by atoms with Crippen LogP contribution in [-0.4, -0.2) is 24.1 Å². The molecule has 0 radical (unpaired) electrons. The Hall–Kier alpha value is -0.970. The zero-order valence-electron chi connectivity index (χ0n) is 12.8. The van der Waals surface area contributed by atoms with Crippen LogP contribution in [0.25, 0.3) is 0 Å². The fraction of sp³-hybridized carbons (Fsp3) is 0.533. The van der Waals surface area contributed by atoms with Gasteiger partial charge in [0.15, 0.2) is 6.10 Å². The van der Waals surface area contributed by atoms with E-state index in [1.807, 2.05) is 20.8 Å². The highest BCUT2D eigenvalue weighted by Crippen LogP contribution is 2.33. The van der Waals surface area contributed by atoms with Crippen LogP contribution in [0.1, 0.15) is 33.3 Å². The quantitative estimate of drug-likeness (QED) is 0.870. The van der Waals surface area contributed by atoms with E-state index in [0.717, 1.165) is 5.56 Å². The first kappa shape index (κ1) is 18.1. The van der Waals surface area contributed by atoms with Crippen LogP contribution in [0.15, 0.2) is 12.1 Å². The summed E-state index contributed by atoms with van der Waals surface area (Å²) in [6, 6.07) is 3.34. The molecule has 0 bridgehead atoms. The van der Waals surface area contributed by atoms with Gasteiger partial charge in [0.25, 0.3) is 5.91 Å². The summed E-state index contributed by atoms with van der Waals surface area (Å²) in [5, 5.41) is 3.76. The molecule has 1 unspecified atom stereocenters. The molecule has 0 heterocycles. The SMILES string of the molecule is CC(Oc1c(Cl)cc(Cl)cc1CCN)C(=O)NC(C)(C)C. The molecular formula is C15H22Cl2N2O2. The molecule has 0 aliphatic heterocycles. The first-order valence-electron chi connectivity index (χ1n) is 6.80. The maximum atomic E-state index is 12.1. The van der Waals surface area contributed by atoms with Crippen LogP contribution in [0.4, 0.5) is 0 Å². The molecule has 6 heteroatoms. The van der Waals surface area contributed by atoms with Crippen molar-refractivity contribution in [2.24, 2.45) is 5.73 Å². The Labute approximate surface area is 135 Å². The van der Waals surface area contributed by atoms with Crippen molar-refractivity contribution in [3.63, 3.8) is 0 Å². The molecule has 1 amide bonds. The number of hydrogen-bond donors (Lipinski definition) is 2. The number of nitrogens with two attached hydrogens (primary N) is 1. The highest BCUT2D eigenvalue weighted by atomic mass is 35.5. The molecule has 4 nitrogen and oxygen atoms in total. The molecule has 0 aliphatic rings. The maximum absolute atomic E-state index is 12.1. The molecule has 0 spiro atoms. The summed E-state index contributed by atoms with van der Waals surface area (Å²) in [4.78, 5) is 12.1. The summed E-state index contributed by atoms with van der Waals surface area (Å²) in [6.45, 7) is 7.85. The second-order valence-corrected chi connectivity index (χ2v) is 6.76. The molecule has 1 atom stereocenters. The van der Waals surface area contributed by atoms with Crippen molar-refractivity contribution >= 4 is 29.1 Å². The summed E-state index contributed by atoms with van der Waals surface area (Å²) in [5.74, 6) is 0.260. The summed E-state index contributed by atoms with van der Waals surface area (Å²) < 4.78 is 5.73. The summed E-state index contributed by atoms with van der Waals surface area (Å²) in [7, 11) is 0. The van der Waals surface area contributed by atoms with Crippen molar-refractivity contribution in [2.45, 2.75) is 45.8 Å². The van der Waals surface area contributed by atoms with Crippen LogP contribution in [-0.2, 0) is 11.2 Å². The number of nitrogens with one attached hydrogen (secondary N) is 1. The summed E-state index contributed by atoms with van der Waals surface area (Å²) >= 11 is 12.2. The second-order valence-electron chi connectivity index (χ2n) is 5.91. The van der Waals surface area contributed by atoms with E-state index in [9.17, 15) is 4.79 Å². The zero-order valence-corrected chi connectivity index (χ0v) is 14.3. The molecular weight excluding hydrogens is 311 g/mol. The number of carbonyl (C=O) groups is 1. The van der Waals surface area contributed by atoms with Gasteiger partial charge in [-0.05, 0) is 58.4 Å². The largest absolute Gasteiger partial charge is 0.479 e. The van der Waals surface area contributed by atoms with E-state index in [2.05, 4.69) is 5.32 Å². The third-order valence-corrected chi connectivity index (χ3v) is 3.16. The molecule has 0 aliphatic carbocycles. The monoisotopic (exact) mass is 332 g/mol. The van der Waals surface area contributed by atoms with Crippen LogP contribution in [0, 0.1) is 0 Å².